The lowest BCUT2D eigenvalue weighted by molar-refractivity contribution is 0.383. The summed E-state index contributed by atoms with van der Waals surface area (Å²) in [5, 5.41) is 3.08. The van der Waals surface area contributed by atoms with Crippen LogP contribution in [0, 0.1) is 40.7 Å². The lowest BCUT2D eigenvalue weighted by atomic mass is 10.3. The van der Waals surface area contributed by atoms with E-state index in [1.165, 1.54) is 0 Å². The van der Waals surface area contributed by atoms with E-state index >= 15 is 0 Å². The zero-order valence-electron chi connectivity index (χ0n) is 12.6. The minimum atomic E-state index is -2.32. The monoisotopic (exact) mass is 432 g/mol. The Morgan fingerprint density at radius 1 is 0.889 bits per heavy atom. The van der Waals surface area contributed by atoms with E-state index in [1.807, 2.05) is 0 Å². The molecule has 0 aliphatic rings. The van der Waals surface area contributed by atoms with E-state index < -0.39 is 67.9 Å². The standard InChI is InChI=1S/C14H6ClF7N3OS/c15-25-23-8(26-7-3-5(16)1-2-6(7)17)4-27(24-25)14-12(21)10(19)9(18)11(20)13(14)22/h1-4,23-24H/q+1. The van der Waals surface area contributed by atoms with Gasteiger partial charge in [0.25, 0.3) is 10.8 Å². The predicted octanol–water partition coefficient (Wildman–Crippen LogP) is 5.77. The SMILES string of the molecule is Fc1ccc(F)c(Oc2c[s+](-c3c(F)c(F)c(F)c(F)c3F)[nH]n(Cl)[nH]2)c1. The predicted molar refractivity (Wildman–Crippen MR) is 82.1 cm³/mol. The van der Waals surface area contributed by atoms with Crippen LogP contribution in [0.15, 0.2) is 23.6 Å². The highest BCUT2D eigenvalue weighted by atomic mass is 35.5. The van der Waals surface area contributed by atoms with Gasteiger partial charge in [-0.2, -0.15) is 8.78 Å². The molecule has 2 N–H and O–H groups in total. The van der Waals surface area contributed by atoms with Crippen molar-refractivity contribution in [2.45, 2.75) is 0 Å². The molecule has 0 bridgehead atoms. The average Bonchev–Trinajstić information content (AvgIpc) is 2.61. The van der Waals surface area contributed by atoms with Crippen LogP contribution in [-0.4, -0.2) is 13.9 Å². The van der Waals surface area contributed by atoms with Gasteiger partial charge < -0.3 is 4.74 Å². The highest BCUT2D eigenvalue weighted by Gasteiger charge is 2.34. The lowest BCUT2D eigenvalue weighted by Gasteiger charge is -2.07. The Balaban J connectivity index is 2.14. The van der Waals surface area contributed by atoms with Crippen molar-refractivity contribution in [1.82, 2.24) is 13.9 Å². The Kier molecular flexibility index (Phi) is 5.11. The maximum atomic E-state index is 14.0. The van der Waals surface area contributed by atoms with Crippen molar-refractivity contribution in [3.05, 3.63) is 64.3 Å². The fourth-order valence-corrected chi connectivity index (χ4v) is 3.64. The molecule has 0 aliphatic heterocycles. The van der Waals surface area contributed by atoms with Crippen molar-refractivity contribution >= 4 is 22.4 Å². The molecule has 1 heterocycles. The summed E-state index contributed by atoms with van der Waals surface area (Å²) in [7, 11) is -2.02. The fourth-order valence-electron chi connectivity index (χ4n) is 1.97. The van der Waals surface area contributed by atoms with Gasteiger partial charge >= 0.3 is 0 Å². The molecule has 1 atom stereocenters. The van der Waals surface area contributed by atoms with Crippen molar-refractivity contribution < 1.29 is 35.5 Å². The summed E-state index contributed by atoms with van der Waals surface area (Å²) in [5.74, 6) is -13.7. The normalized spacial score (nSPS) is 11.6. The third kappa shape index (κ3) is 3.62. The van der Waals surface area contributed by atoms with Crippen LogP contribution in [0.3, 0.4) is 0 Å². The quantitative estimate of drug-likeness (QED) is 0.234. The van der Waals surface area contributed by atoms with Gasteiger partial charge in [0, 0.05) is 6.07 Å². The summed E-state index contributed by atoms with van der Waals surface area (Å²) >= 11 is 5.63. The first-order chi connectivity index (χ1) is 12.7. The molecule has 0 fully saturated rings. The van der Waals surface area contributed by atoms with E-state index in [9.17, 15) is 30.7 Å². The molecule has 1 unspecified atom stereocenters. The zero-order chi connectivity index (χ0) is 19.9. The lowest BCUT2D eigenvalue weighted by Crippen LogP contribution is -2.05. The van der Waals surface area contributed by atoms with Crippen LogP contribution in [0.5, 0.6) is 11.6 Å². The molecule has 0 aliphatic carbocycles. The Labute approximate surface area is 153 Å². The van der Waals surface area contributed by atoms with Gasteiger partial charge in [-0.1, -0.05) is 8.80 Å². The molecule has 0 radical (unpaired) electrons. The van der Waals surface area contributed by atoms with Crippen LogP contribution in [-0.2, 0) is 0 Å². The molecular weight excluding hydrogens is 427 g/mol. The summed E-state index contributed by atoms with van der Waals surface area (Å²) in [6, 6.07) is 2.25. The highest BCUT2D eigenvalue weighted by Crippen LogP contribution is 2.38. The molecule has 4 nitrogen and oxygen atoms in total. The van der Waals surface area contributed by atoms with E-state index in [4.69, 9.17) is 16.5 Å². The molecule has 0 saturated heterocycles. The summed E-state index contributed by atoms with van der Waals surface area (Å²) < 4.78 is 102. The molecule has 27 heavy (non-hydrogen) atoms. The van der Waals surface area contributed by atoms with Crippen molar-refractivity contribution in [3.8, 4) is 16.5 Å². The average molecular weight is 433 g/mol. The number of aromatic nitrogens is 3. The van der Waals surface area contributed by atoms with Crippen LogP contribution in [0.2, 0.25) is 0 Å². The molecule has 3 rings (SSSR count). The maximum absolute atomic E-state index is 14.0. The van der Waals surface area contributed by atoms with E-state index in [-0.39, 0.29) is 0 Å². The highest BCUT2D eigenvalue weighted by molar-refractivity contribution is 7.33. The van der Waals surface area contributed by atoms with Gasteiger partial charge in [-0.25, -0.2) is 27.1 Å². The zero-order valence-corrected chi connectivity index (χ0v) is 14.2. The first kappa shape index (κ1) is 19.2. The maximum Gasteiger partial charge on any atom is 0.280 e. The number of rotatable bonds is 3. The Bertz CT molecular complexity index is 1040. The van der Waals surface area contributed by atoms with Gasteiger partial charge in [-0.15, -0.1) is 0 Å². The smallest absolute Gasteiger partial charge is 0.280 e. The van der Waals surface area contributed by atoms with Gasteiger partial charge in [-0.3, -0.25) is 0 Å². The fraction of sp³-hybridized carbons (Fsp3) is 0. The summed E-state index contributed by atoms with van der Waals surface area (Å²) in [6.45, 7) is 0. The second kappa shape index (κ2) is 7.19. The Morgan fingerprint density at radius 3 is 2.11 bits per heavy atom. The number of benzene rings is 2. The molecule has 1 aromatic heterocycles. The minimum absolute atomic E-state index is 0.458. The molecule has 144 valence electrons. The van der Waals surface area contributed by atoms with E-state index in [0.29, 0.717) is 10.4 Å². The Morgan fingerprint density at radius 2 is 1.48 bits per heavy atom. The minimum Gasteiger partial charge on any atom is -0.432 e. The number of hydrogen-bond acceptors (Lipinski definition) is 1. The van der Waals surface area contributed by atoms with Crippen molar-refractivity contribution in [2.24, 2.45) is 0 Å². The van der Waals surface area contributed by atoms with E-state index in [1.54, 1.807) is 0 Å². The van der Waals surface area contributed by atoms with Crippen LogP contribution in [0.1, 0.15) is 0 Å². The molecule has 0 saturated carbocycles. The van der Waals surface area contributed by atoms with Gasteiger partial charge in [-0.05, 0) is 12.1 Å². The largest absolute Gasteiger partial charge is 0.432 e. The van der Waals surface area contributed by atoms with Crippen LogP contribution in [0.25, 0.3) is 4.90 Å². The van der Waals surface area contributed by atoms with Gasteiger partial charge in [0.2, 0.25) is 34.5 Å². The second-order valence-corrected chi connectivity index (χ2v) is 6.72. The summed E-state index contributed by atoms with van der Waals surface area (Å²) in [5.41, 5.74) is 0. The van der Waals surface area contributed by atoms with Crippen LogP contribution in [0.4, 0.5) is 30.7 Å². The number of H-pyrrole nitrogens is 2. The topological polar surface area (TPSA) is 45.7 Å². The number of nitrogens with zero attached hydrogens (tertiary/aromatic N) is 1. The number of ether oxygens (including phenoxy) is 1. The van der Waals surface area contributed by atoms with Crippen molar-refractivity contribution in [2.75, 3.05) is 0 Å². The van der Waals surface area contributed by atoms with Gasteiger partial charge in [0.05, 0.1) is 11.8 Å². The molecule has 2 aromatic carbocycles. The van der Waals surface area contributed by atoms with Gasteiger partial charge in [0.15, 0.2) is 11.6 Å². The molecule has 13 heteroatoms. The third-order valence-electron chi connectivity index (χ3n) is 3.11. The van der Waals surface area contributed by atoms with Crippen LogP contribution >= 0.6 is 22.4 Å². The molecule has 0 spiro atoms. The van der Waals surface area contributed by atoms with Crippen LogP contribution < -0.4 is 4.74 Å². The number of aromatic amines is 2. The number of nitrogens with one attached hydrogen (secondary N) is 2. The first-order valence-electron chi connectivity index (χ1n) is 6.77. The van der Waals surface area contributed by atoms with E-state index in [0.717, 1.165) is 17.5 Å². The summed E-state index contributed by atoms with van der Waals surface area (Å²) in [4.78, 5) is -1.22. The number of halogens is 8. The number of hydrogen-bond donors (Lipinski definition) is 2. The van der Waals surface area contributed by atoms with Crippen molar-refractivity contribution in [1.29, 1.82) is 0 Å². The molecular formula is C14H6ClF7N3OS+. The third-order valence-corrected chi connectivity index (χ3v) is 5.01. The van der Waals surface area contributed by atoms with E-state index in [2.05, 4.69) is 9.59 Å². The Hall–Kier alpha value is -2.60. The van der Waals surface area contributed by atoms with Gasteiger partial charge in [0.1, 0.15) is 16.5 Å². The van der Waals surface area contributed by atoms with Crippen molar-refractivity contribution in [3.63, 3.8) is 0 Å². The molecule has 3 aromatic rings. The summed E-state index contributed by atoms with van der Waals surface area (Å²) in [6.07, 6.45) is 0. The first-order valence-corrected chi connectivity index (χ1v) is 8.39. The molecule has 0 amide bonds. The second-order valence-electron chi connectivity index (χ2n) is 4.88.